The first-order chi connectivity index (χ1) is 10.1. The highest BCUT2D eigenvalue weighted by atomic mass is 16.3. The van der Waals surface area contributed by atoms with Crippen LogP contribution in [0.15, 0.2) is 22.6 Å². The summed E-state index contributed by atoms with van der Waals surface area (Å²) in [5.41, 5.74) is 4.22. The molecule has 0 saturated carbocycles. The standard InChI is InChI=1S/C18H24N2O/c1-13-7-15-9-16(21-17(15)8-14(13)2)10-20-6-4-18(12-20)3-5-19-11-18/h7-9,19H,3-6,10-12H2,1-2H3. The average Bonchev–Trinajstić information content (AvgIpc) is 3.14. The number of fused-ring (bicyclic) bond motifs is 1. The molecule has 2 saturated heterocycles. The van der Waals surface area contributed by atoms with Crippen LogP contribution >= 0.6 is 0 Å². The second-order valence-corrected chi connectivity index (χ2v) is 7.07. The fraction of sp³-hybridized carbons (Fsp3) is 0.556. The van der Waals surface area contributed by atoms with Crippen LogP contribution in [0.25, 0.3) is 11.0 Å². The van der Waals surface area contributed by atoms with E-state index < -0.39 is 0 Å². The Bertz CT molecular complexity index is 628. The summed E-state index contributed by atoms with van der Waals surface area (Å²) in [7, 11) is 0. The van der Waals surface area contributed by atoms with Gasteiger partial charge in [0.25, 0.3) is 0 Å². The van der Waals surface area contributed by atoms with Crippen molar-refractivity contribution in [3.63, 3.8) is 0 Å². The lowest BCUT2D eigenvalue weighted by atomic mass is 9.87. The molecule has 1 atom stereocenters. The zero-order valence-corrected chi connectivity index (χ0v) is 13.0. The molecular weight excluding hydrogens is 260 g/mol. The van der Waals surface area contributed by atoms with Gasteiger partial charge in [0, 0.05) is 18.5 Å². The average molecular weight is 284 g/mol. The molecule has 0 radical (unpaired) electrons. The number of benzene rings is 1. The van der Waals surface area contributed by atoms with Gasteiger partial charge >= 0.3 is 0 Å². The summed E-state index contributed by atoms with van der Waals surface area (Å²) in [6, 6.07) is 6.63. The molecule has 3 nitrogen and oxygen atoms in total. The van der Waals surface area contributed by atoms with Crippen molar-refractivity contribution in [2.24, 2.45) is 5.41 Å². The Kier molecular flexibility index (Phi) is 3.09. The van der Waals surface area contributed by atoms with Gasteiger partial charge in [0.15, 0.2) is 0 Å². The monoisotopic (exact) mass is 284 g/mol. The summed E-state index contributed by atoms with van der Waals surface area (Å²) in [5, 5.41) is 4.76. The molecule has 0 aliphatic carbocycles. The van der Waals surface area contributed by atoms with Crippen molar-refractivity contribution in [3.8, 4) is 0 Å². The lowest BCUT2D eigenvalue weighted by Gasteiger charge is -2.22. The molecule has 1 aromatic carbocycles. The van der Waals surface area contributed by atoms with E-state index in [0.717, 1.165) is 17.9 Å². The summed E-state index contributed by atoms with van der Waals surface area (Å²) in [4.78, 5) is 2.56. The highest BCUT2D eigenvalue weighted by Crippen LogP contribution is 2.37. The Labute approximate surface area is 126 Å². The number of furan rings is 1. The summed E-state index contributed by atoms with van der Waals surface area (Å²) in [6.07, 6.45) is 2.67. The molecule has 1 spiro atoms. The van der Waals surface area contributed by atoms with E-state index >= 15 is 0 Å². The molecule has 3 heterocycles. The fourth-order valence-corrected chi connectivity index (χ4v) is 3.96. The molecule has 2 aliphatic heterocycles. The zero-order chi connectivity index (χ0) is 14.4. The van der Waals surface area contributed by atoms with Crippen LogP contribution < -0.4 is 5.32 Å². The van der Waals surface area contributed by atoms with Crippen molar-refractivity contribution >= 4 is 11.0 Å². The van der Waals surface area contributed by atoms with E-state index in [9.17, 15) is 0 Å². The largest absolute Gasteiger partial charge is 0.460 e. The van der Waals surface area contributed by atoms with Crippen molar-refractivity contribution in [1.82, 2.24) is 10.2 Å². The van der Waals surface area contributed by atoms with E-state index in [-0.39, 0.29) is 0 Å². The Morgan fingerprint density at radius 3 is 2.86 bits per heavy atom. The Morgan fingerprint density at radius 2 is 2.05 bits per heavy atom. The zero-order valence-electron chi connectivity index (χ0n) is 13.0. The molecule has 4 rings (SSSR count). The topological polar surface area (TPSA) is 28.4 Å². The maximum Gasteiger partial charge on any atom is 0.134 e. The summed E-state index contributed by atoms with van der Waals surface area (Å²) < 4.78 is 6.06. The summed E-state index contributed by atoms with van der Waals surface area (Å²) >= 11 is 0. The molecule has 1 unspecified atom stereocenters. The summed E-state index contributed by atoms with van der Waals surface area (Å²) in [5.74, 6) is 1.11. The van der Waals surface area contributed by atoms with Gasteiger partial charge < -0.3 is 9.73 Å². The third-order valence-corrected chi connectivity index (χ3v) is 5.41. The fourth-order valence-electron chi connectivity index (χ4n) is 3.96. The third kappa shape index (κ3) is 2.39. The van der Waals surface area contributed by atoms with E-state index in [4.69, 9.17) is 4.42 Å². The van der Waals surface area contributed by atoms with Crippen LogP contribution in [-0.2, 0) is 6.54 Å². The Morgan fingerprint density at radius 1 is 1.19 bits per heavy atom. The van der Waals surface area contributed by atoms with Crippen LogP contribution in [0.4, 0.5) is 0 Å². The minimum absolute atomic E-state index is 0.541. The quantitative estimate of drug-likeness (QED) is 0.917. The molecule has 0 amide bonds. The first-order valence-corrected chi connectivity index (χ1v) is 8.06. The molecule has 1 N–H and O–H groups in total. The molecule has 0 bridgehead atoms. The van der Waals surface area contributed by atoms with Gasteiger partial charge in [-0.2, -0.15) is 0 Å². The van der Waals surface area contributed by atoms with Gasteiger partial charge in [0.2, 0.25) is 0 Å². The van der Waals surface area contributed by atoms with Crippen molar-refractivity contribution < 1.29 is 4.42 Å². The van der Waals surface area contributed by atoms with Gasteiger partial charge in [0.05, 0.1) is 6.54 Å². The maximum atomic E-state index is 6.06. The van der Waals surface area contributed by atoms with Crippen molar-refractivity contribution in [1.29, 1.82) is 0 Å². The van der Waals surface area contributed by atoms with E-state index in [1.165, 1.54) is 55.5 Å². The number of nitrogens with one attached hydrogen (secondary N) is 1. The minimum atomic E-state index is 0.541. The van der Waals surface area contributed by atoms with Crippen LogP contribution in [0.5, 0.6) is 0 Å². The third-order valence-electron chi connectivity index (χ3n) is 5.41. The predicted octanol–water partition coefficient (Wildman–Crippen LogP) is 3.24. The van der Waals surface area contributed by atoms with Gasteiger partial charge in [-0.05, 0) is 74.5 Å². The van der Waals surface area contributed by atoms with Gasteiger partial charge in [-0.25, -0.2) is 0 Å². The summed E-state index contributed by atoms with van der Waals surface area (Å²) in [6.45, 7) is 10.1. The van der Waals surface area contributed by atoms with Gasteiger partial charge in [0.1, 0.15) is 11.3 Å². The lowest BCUT2D eigenvalue weighted by molar-refractivity contribution is 0.253. The highest BCUT2D eigenvalue weighted by Gasteiger charge is 2.40. The highest BCUT2D eigenvalue weighted by molar-refractivity contribution is 5.79. The smallest absolute Gasteiger partial charge is 0.134 e. The van der Waals surface area contributed by atoms with Crippen molar-refractivity contribution in [2.75, 3.05) is 26.2 Å². The van der Waals surface area contributed by atoms with E-state index in [1.54, 1.807) is 0 Å². The SMILES string of the molecule is Cc1cc2cc(CN3CCC4(CCNC4)C3)oc2cc1C. The Balaban J connectivity index is 1.52. The molecule has 2 aromatic rings. The first-order valence-electron chi connectivity index (χ1n) is 8.06. The number of nitrogens with zero attached hydrogens (tertiary/aromatic N) is 1. The van der Waals surface area contributed by atoms with Gasteiger partial charge in [-0.15, -0.1) is 0 Å². The van der Waals surface area contributed by atoms with Crippen molar-refractivity contribution in [2.45, 2.75) is 33.2 Å². The van der Waals surface area contributed by atoms with E-state index in [2.05, 4.69) is 42.3 Å². The number of aryl methyl sites for hydroxylation is 2. The number of likely N-dealkylation sites (tertiary alicyclic amines) is 1. The first kappa shape index (κ1) is 13.4. The predicted molar refractivity (Wildman–Crippen MR) is 85.5 cm³/mol. The normalized spacial score (nSPS) is 26.4. The van der Waals surface area contributed by atoms with Crippen LogP contribution in [0.3, 0.4) is 0 Å². The van der Waals surface area contributed by atoms with Gasteiger partial charge in [-0.3, -0.25) is 4.90 Å². The molecule has 3 heteroatoms. The van der Waals surface area contributed by atoms with Crippen LogP contribution in [0, 0.1) is 19.3 Å². The molecule has 1 aromatic heterocycles. The minimum Gasteiger partial charge on any atom is -0.460 e. The molecular formula is C18H24N2O. The second-order valence-electron chi connectivity index (χ2n) is 7.07. The molecule has 112 valence electrons. The number of hydrogen-bond donors (Lipinski definition) is 1. The van der Waals surface area contributed by atoms with Gasteiger partial charge in [-0.1, -0.05) is 0 Å². The second kappa shape index (κ2) is 4.85. The molecule has 2 aliphatic rings. The van der Waals surface area contributed by atoms with E-state index in [1.807, 2.05) is 0 Å². The number of rotatable bonds is 2. The van der Waals surface area contributed by atoms with E-state index in [0.29, 0.717) is 5.41 Å². The maximum absolute atomic E-state index is 6.06. The Hall–Kier alpha value is -1.32. The number of hydrogen-bond acceptors (Lipinski definition) is 3. The van der Waals surface area contributed by atoms with Crippen molar-refractivity contribution in [3.05, 3.63) is 35.1 Å². The van der Waals surface area contributed by atoms with Crippen LogP contribution in [0.1, 0.15) is 29.7 Å². The molecule has 21 heavy (non-hydrogen) atoms. The van der Waals surface area contributed by atoms with Crippen LogP contribution in [0.2, 0.25) is 0 Å². The van der Waals surface area contributed by atoms with Crippen LogP contribution in [-0.4, -0.2) is 31.1 Å². The molecule has 2 fully saturated rings. The lowest BCUT2D eigenvalue weighted by Crippen LogP contribution is -2.28.